The third-order valence-corrected chi connectivity index (χ3v) is 6.26. The Morgan fingerprint density at radius 2 is 1.24 bits per heavy atom. The Morgan fingerprint density at radius 1 is 0.828 bits per heavy atom. The average molecular weight is 405 g/mol. The van der Waals surface area contributed by atoms with Crippen molar-refractivity contribution in [2.45, 2.75) is 84.1 Å². The SMILES string of the molecule is C.CC1CC(OC(=O)c2cccc(C(=O)OC3CCC(N)C(C)C3)c2)CCC1N. The minimum Gasteiger partial charge on any atom is -0.459 e. The van der Waals surface area contributed by atoms with Crippen molar-refractivity contribution in [3.63, 3.8) is 0 Å². The molecule has 29 heavy (non-hydrogen) atoms. The summed E-state index contributed by atoms with van der Waals surface area (Å²) in [5.74, 6) is -0.142. The van der Waals surface area contributed by atoms with Crippen molar-refractivity contribution in [2.75, 3.05) is 0 Å². The fraction of sp³-hybridized carbons (Fsp3) is 0.652. The normalized spacial score (nSPS) is 32.0. The highest BCUT2D eigenvalue weighted by atomic mass is 16.5. The lowest BCUT2D eigenvalue weighted by atomic mass is 9.84. The molecule has 6 heteroatoms. The van der Waals surface area contributed by atoms with Crippen LogP contribution in [0.5, 0.6) is 0 Å². The van der Waals surface area contributed by atoms with Crippen LogP contribution in [0.1, 0.15) is 80.5 Å². The first kappa shape index (κ1) is 23.4. The minimum atomic E-state index is -0.403. The van der Waals surface area contributed by atoms with Crippen molar-refractivity contribution in [1.82, 2.24) is 0 Å². The molecule has 0 amide bonds. The second kappa shape index (κ2) is 10.2. The maximum Gasteiger partial charge on any atom is 0.338 e. The maximum absolute atomic E-state index is 12.5. The first-order valence-corrected chi connectivity index (χ1v) is 10.4. The summed E-state index contributed by atoms with van der Waals surface area (Å²) in [7, 11) is 0. The van der Waals surface area contributed by atoms with Crippen LogP contribution in [0, 0.1) is 11.8 Å². The second-order valence-electron chi connectivity index (χ2n) is 8.54. The van der Waals surface area contributed by atoms with E-state index >= 15 is 0 Å². The molecule has 2 saturated carbocycles. The molecule has 1 aromatic carbocycles. The van der Waals surface area contributed by atoms with Crippen LogP contribution in [0.25, 0.3) is 0 Å². The van der Waals surface area contributed by atoms with Crippen LogP contribution >= 0.6 is 0 Å². The van der Waals surface area contributed by atoms with Gasteiger partial charge in [0.25, 0.3) is 0 Å². The van der Waals surface area contributed by atoms with Gasteiger partial charge in [-0.2, -0.15) is 0 Å². The van der Waals surface area contributed by atoms with Gasteiger partial charge in [-0.15, -0.1) is 0 Å². The molecule has 0 radical (unpaired) electrons. The smallest absolute Gasteiger partial charge is 0.338 e. The number of ether oxygens (including phenoxy) is 2. The number of hydrogen-bond donors (Lipinski definition) is 2. The van der Waals surface area contributed by atoms with Gasteiger partial charge < -0.3 is 20.9 Å². The van der Waals surface area contributed by atoms with Gasteiger partial charge in [0.15, 0.2) is 0 Å². The molecular formula is C23H36N2O4. The number of carbonyl (C=O) groups is 2. The largest absolute Gasteiger partial charge is 0.459 e. The van der Waals surface area contributed by atoms with Gasteiger partial charge >= 0.3 is 11.9 Å². The monoisotopic (exact) mass is 404 g/mol. The van der Waals surface area contributed by atoms with Gasteiger partial charge in [0, 0.05) is 12.1 Å². The van der Waals surface area contributed by atoms with Gasteiger partial charge in [0.05, 0.1) is 11.1 Å². The van der Waals surface area contributed by atoms with Crippen molar-refractivity contribution < 1.29 is 19.1 Å². The molecule has 4 N–H and O–H groups in total. The van der Waals surface area contributed by atoms with E-state index < -0.39 is 11.9 Å². The quantitative estimate of drug-likeness (QED) is 0.742. The topological polar surface area (TPSA) is 105 Å². The molecule has 1 aromatic rings. The molecule has 6 atom stereocenters. The van der Waals surface area contributed by atoms with Gasteiger partial charge in [0.1, 0.15) is 12.2 Å². The fourth-order valence-electron chi connectivity index (χ4n) is 4.17. The van der Waals surface area contributed by atoms with Crippen LogP contribution in [0.2, 0.25) is 0 Å². The fourth-order valence-corrected chi connectivity index (χ4v) is 4.17. The number of benzene rings is 1. The van der Waals surface area contributed by atoms with E-state index in [1.54, 1.807) is 24.3 Å². The van der Waals surface area contributed by atoms with Crippen LogP contribution in [-0.4, -0.2) is 36.2 Å². The highest BCUT2D eigenvalue weighted by Crippen LogP contribution is 2.27. The molecule has 162 valence electrons. The third kappa shape index (κ3) is 6.03. The van der Waals surface area contributed by atoms with Crippen LogP contribution in [0.3, 0.4) is 0 Å². The molecule has 0 bridgehead atoms. The Bertz CT molecular complexity index is 653. The van der Waals surface area contributed by atoms with Crippen LogP contribution < -0.4 is 11.5 Å². The summed E-state index contributed by atoms with van der Waals surface area (Å²) < 4.78 is 11.3. The van der Waals surface area contributed by atoms with Gasteiger partial charge in [0.2, 0.25) is 0 Å². The first-order chi connectivity index (χ1) is 13.3. The zero-order valence-corrected chi connectivity index (χ0v) is 16.8. The Labute approximate surface area is 174 Å². The van der Waals surface area contributed by atoms with Gasteiger partial charge in [-0.25, -0.2) is 9.59 Å². The lowest BCUT2D eigenvalue weighted by Crippen LogP contribution is -2.38. The van der Waals surface area contributed by atoms with E-state index in [1.165, 1.54) is 0 Å². The number of esters is 2. The lowest BCUT2D eigenvalue weighted by molar-refractivity contribution is 0.0129. The Balaban J connectivity index is 0.00000300. The van der Waals surface area contributed by atoms with Gasteiger partial charge in [-0.3, -0.25) is 0 Å². The molecule has 0 aliphatic heterocycles. The standard InChI is InChI=1S/C22H32N2O4.CH4/c1-13-10-17(6-8-19(13)23)27-21(25)15-4-3-5-16(12-15)22(26)28-18-7-9-20(24)14(2)11-18;/h3-5,12-14,17-20H,6-11,23-24H2,1-2H3;1H4. The predicted molar refractivity (Wildman–Crippen MR) is 114 cm³/mol. The van der Waals surface area contributed by atoms with E-state index in [1.807, 2.05) is 0 Å². The van der Waals surface area contributed by atoms with Crippen molar-refractivity contribution in [1.29, 1.82) is 0 Å². The number of carbonyl (C=O) groups excluding carboxylic acids is 2. The molecule has 3 rings (SSSR count). The highest BCUT2D eigenvalue weighted by Gasteiger charge is 2.29. The Hall–Kier alpha value is -1.92. The summed E-state index contributed by atoms with van der Waals surface area (Å²) in [6.07, 6.45) is 4.58. The molecule has 6 nitrogen and oxygen atoms in total. The van der Waals surface area contributed by atoms with E-state index in [0.29, 0.717) is 23.0 Å². The second-order valence-corrected chi connectivity index (χ2v) is 8.54. The molecule has 2 fully saturated rings. The summed E-state index contributed by atoms with van der Waals surface area (Å²) in [5.41, 5.74) is 12.8. The molecule has 0 heterocycles. The van der Waals surface area contributed by atoms with E-state index in [0.717, 1.165) is 38.5 Å². The van der Waals surface area contributed by atoms with Crippen LogP contribution in [0.4, 0.5) is 0 Å². The minimum absolute atomic E-state index is 0. The summed E-state index contributed by atoms with van der Waals surface area (Å²) in [6.45, 7) is 4.17. The lowest BCUT2D eigenvalue weighted by Gasteiger charge is -2.31. The summed E-state index contributed by atoms with van der Waals surface area (Å²) in [5, 5.41) is 0. The molecule has 2 aliphatic rings. The van der Waals surface area contributed by atoms with Crippen molar-refractivity contribution in [3.05, 3.63) is 35.4 Å². The molecule has 0 aromatic heterocycles. The van der Waals surface area contributed by atoms with E-state index in [9.17, 15) is 9.59 Å². The Kier molecular flexibility index (Phi) is 8.23. The number of hydrogen-bond acceptors (Lipinski definition) is 6. The van der Waals surface area contributed by atoms with Crippen molar-refractivity contribution >= 4 is 11.9 Å². The zero-order chi connectivity index (χ0) is 20.3. The van der Waals surface area contributed by atoms with Crippen LogP contribution in [-0.2, 0) is 9.47 Å². The molecule has 2 aliphatic carbocycles. The zero-order valence-electron chi connectivity index (χ0n) is 16.8. The molecule has 6 unspecified atom stereocenters. The third-order valence-electron chi connectivity index (χ3n) is 6.26. The predicted octanol–water partition coefficient (Wildman–Crippen LogP) is 3.67. The Morgan fingerprint density at radius 3 is 1.62 bits per heavy atom. The van der Waals surface area contributed by atoms with E-state index in [2.05, 4.69) is 13.8 Å². The number of rotatable bonds is 4. The first-order valence-electron chi connectivity index (χ1n) is 10.4. The van der Waals surface area contributed by atoms with E-state index in [4.69, 9.17) is 20.9 Å². The molecule has 0 spiro atoms. The van der Waals surface area contributed by atoms with Crippen molar-refractivity contribution in [3.8, 4) is 0 Å². The average Bonchev–Trinajstić information content (AvgIpc) is 2.67. The van der Waals surface area contributed by atoms with Crippen LogP contribution in [0.15, 0.2) is 24.3 Å². The molecular weight excluding hydrogens is 368 g/mol. The molecule has 0 saturated heterocycles. The highest BCUT2D eigenvalue weighted by molar-refractivity contribution is 5.95. The summed E-state index contributed by atoms with van der Waals surface area (Å²) in [6, 6.07) is 6.92. The van der Waals surface area contributed by atoms with Gasteiger partial charge in [-0.05, 0) is 68.6 Å². The van der Waals surface area contributed by atoms with E-state index in [-0.39, 0.29) is 31.7 Å². The summed E-state index contributed by atoms with van der Waals surface area (Å²) >= 11 is 0. The van der Waals surface area contributed by atoms with Gasteiger partial charge in [-0.1, -0.05) is 27.3 Å². The maximum atomic E-state index is 12.5. The number of nitrogens with two attached hydrogens (primary N) is 2. The van der Waals surface area contributed by atoms with Crippen molar-refractivity contribution in [2.24, 2.45) is 23.3 Å². The summed E-state index contributed by atoms with van der Waals surface area (Å²) in [4.78, 5) is 25.1.